The molecule has 2 heterocycles. The summed E-state index contributed by atoms with van der Waals surface area (Å²) >= 11 is 0. The molecule has 0 saturated carbocycles. The number of nitrogens with one attached hydrogen (secondary N) is 1. The Kier molecular flexibility index (Phi) is 1.88. The third kappa shape index (κ3) is 1.17. The first-order valence-electron chi connectivity index (χ1n) is 3.91. The first kappa shape index (κ1) is 6.58. The molecule has 0 aromatic heterocycles. The molecule has 2 saturated heterocycles. The third-order valence-corrected chi connectivity index (χ3v) is 2.11. The minimum Gasteiger partial charge on any atom is -0.375 e. The van der Waals surface area contributed by atoms with E-state index in [2.05, 4.69) is 5.32 Å². The van der Waals surface area contributed by atoms with E-state index >= 15 is 0 Å². The molecule has 0 unspecified atom stereocenters. The van der Waals surface area contributed by atoms with Crippen LogP contribution in [0.3, 0.4) is 0 Å². The van der Waals surface area contributed by atoms with Crippen molar-refractivity contribution in [1.29, 1.82) is 0 Å². The van der Waals surface area contributed by atoms with Gasteiger partial charge in [0.1, 0.15) is 0 Å². The number of rotatable bonds is 1. The summed E-state index contributed by atoms with van der Waals surface area (Å²) in [5.74, 6) is 0. The fourth-order valence-electron chi connectivity index (χ4n) is 1.37. The SMILES string of the molecule is C1CO[C@@H]([C@H]2CCO2)CN1. The average molecular weight is 143 g/mol. The highest BCUT2D eigenvalue weighted by atomic mass is 16.6. The quantitative estimate of drug-likeness (QED) is 0.549. The van der Waals surface area contributed by atoms with Gasteiger partial charge in [0, 0.05) is 19.7 Å². The molecule has 2 fully saturated rings. The fourth-order valence-corrected chi connectivity index (χ4v) is 1.37. The molecule has 2 rings (SSSR count). The van der Waals surface area contributed by atoms with Crippen LogP contribution in [0.1, 0.15) is 6.42 Å². The van der Waals surface area contributed by atoms with Crippen molar-refractivity contribution in [3.8, 4) is 0 Å². The lowest BCUT2D eigenvalue weighted by atomic mass is 10.1. The van der Waals surface area contributed by atoms with Crippen LogP contribution in [0.25, 0.3) is 0 Å². The van der Waals surface area contributed by atoms with E-state index in [9.17, 15) is 0 Å². The zero-order valence-corrected chi connectivity index (χ0v) is 6.01. The molecule has 0 radical (unpaired) electrons. The monoisotopic (exact) mass is 143 g/mol. The summed E-state index contributed by atoms with van der Waals surface area (Å²) in [5.41, 5.74) is 0. The molecule has 3 nitrogen and oxygen atoms in total. The Morgan fingerprint density at radius 3 is 2.40 bits per heavy atom. The summed E-state index contributed by atoms with van der Waals surface area (Å²) in [5, 5.41) is 3.28. The minimum atomic E-state index is 0.322. The topological polar surface area (TPSA) is 30.5 Å². The highest BCUT2D eigenvalue weighted by molar-refractivity contribution is 4.80. The lowest BCUT2D eigenvalue weighted by Crippen LogP contribution is -2.49. The predicted molar refractivity (Wildman–Crippen MR) is 37.0 cm³/mol. The smallest absolute Gasteiger partial charge is 0.0962 e. The number of hydrogen-bond donors (Lipinski definition) is 1. The molecular weight excluding hydrogens is 130 g/mol. The van der Waals surface area contributed by atoms with Crippen molar-refractivity contribution < 1.29 is 9.47 Å². The molecular formula is C7H13NO2. The molecule has 0 amide bonds. The Morgan fingerprint density at radius 2 is 1.90 bits per heavy atom. The van der Waals surface area contributed by atoms with E-state index in [4.69, 9.17) is 9.47 Å². The minimum absolute atomic E-state index is 0.322. The second kappa shape index (κ2) is 2.86. The van der Waals surface area contributed by atoms with Gasteiger partial charge in [0.2, 0.25) is 0 Å². The van der Waals surface area contributed by atoms with Gasteiger partial charge in [-0.3, -0.25) is 0 Å². The van der Waals surface area contributed by atoms with Gasteiger partial charge in [-0.1, -0.05) is 0 Å². The standard InChI is InChI=1S/C7H13NO2/c1-3-9-6(1)7-5-8-2-4-10-7/h6-8H,1-5H2/t6-,7-/m1/s1. The molecule has 2 atom stereocenters. The number of ether oxygens (including phenoxy) is 2. The Morgan fingerprint density at radius 1 is 1.10 bits per heavy atom. The van der Waals surface area contributed by atoms with Gasteiger partial charge in [0.05, 0.1) is 18.8 Å². The zero-order chi connectivity index (χ0) is 6.81. The maximum atomic E-state index is 5.49. The van der Waals surface area contributed by atoms with Gasteiger partial charge in [-0.05, 0) is 6.42 Å². The molecule has 10 heavy (non-hydrogen) atoms. The van der Waals surface area contributed by atoms with Crippen LogP contribution in [0.2, 0.25) is 0 Å². The van der Waals surface area contributed by atoms with E-state index in [-0.39, 0.29) is 0 Å². The van der Waals surface area contributed by atoms with Gasteiger partial charge in [-0.25, -0.2) is 0 Å². The maximum absolute atomic E-state index is 5.49. The van der Waals surface area contributed by atoms with Gasteiger partial charge in [-0.15, -0.1) is 0 Å². The van der Waals surface area contributed by atoms with E-state index in [1.807, 2.05) is 0 Å². The first-order chi connectivity index (χ1) is 4.97. The average Bonchev–Trinajstić information content (AvgIpc) is 1.86. The normalized spacial score (nSPS) is 40.8. The Bertz CT molecular complexity index is 108. The van der Waals surface area contributed by atoms with Gasteiger partial charge in [0.25, 0.3) is 0 Å². The Hall–Kier alpha value is -0.120. The zero-order valence-electron chi connectivity index (χ0n) is 6.01. The summed E-state index contributed by atoms with van der Waals surface area (Å²) in [6.07, 6.45) is 1.88. The highest BCUT2D eigenvalue weighted by Gasteiger charge is 2.29. The molecule has 3 heteroatoms. The third-order valence-electron chi connectivity index (χ3n) is 2.11. The molecule has 2 aliphatic heterocycles. The lowest BCUT2D eigenvalue weighted by Gasteiger charge is -2.36. The second-order valence-electron chi connectivity index (χ2n) is 2.81. The van der Waals surface area contributed by atoms with Crippen LogP contribution in [0, 0.1) is 0 Å². The Labute approximate surface area is 60.7 Å². The van der Waals surface area contributed by atoms with Crippen molar-refractivity contribution in [2.24, 2.45) is 0 Å². The van der Waals surface area contributed by atoms with Crippen molar-refractivity contribution in [2.75, 3.05) is 26.3 Å². The summed E-state index contributed by atoms with van der Waals surface area (Å²) in [6, 6.07) is 0. The molecule has 0 aromatic rings. The molecule has 0 aliphatic carbocycles. The molecule has 0 spiro atoms. The van der Waals surface area contributed by atoms with E-state index in [0.717, 1.165) is 26.3 Å². The summed E-state index contributed by atoms with van der Waals surface area (Å²) < 4.78 is 10.8. The van der Waals surface area contributed by atoms with Gasteiger partial charge >= 0.3 is 0 Å². The highest BCUT2D eigenvalue weighted by Crippen LogP contribution is 2.18. The van der Waals surface area contributed by atoms with E-state index in [0.29, 0.717) is 12.2 Å². The van der Waals surface area contributed by atoms with E-state index in [1.165, 1.54) is 6.42 Å². The van der Waals surface area contributed by atoms with Crippen molar-refractivity contribution in [1.82, 2.24) is 5.32 Å². The first-order valence-corrected chi connectivity index (χ1v) is 3.91. The summed E-state index contributed by atoms with van der Waals surface area (Å²) in [4.78, 5) is 0. The van der Waals surface area contributed by atoms with Crippen molar-refractivity contribution in [3.05, 3.63) is 0 Å². The summed E-state index contributed by atoms with van der Waals surface area (Å²) in [6.45, 7) is 3.71. The predicted octanol–water partition coefficient (Wildman–Crippen LogP) is -0.236. The van der Waals surface area contributed by atoms with Gasteiger partial charge in [0.15, 0.2) is 0 Å². The van der Waals surface area contributed by atoms with Crippen molar-refractivity contribution in [2.45, 2.75) is 18.6 Å². The van der Waals surface area contributed by atoms with Crippen LogP contribution in [-0.2, 0) is 9.47 Å². The van der Waals surface area contributed by atoms with Crippen LogP contribution in [0.5, 0.6) is 0 Å². The largest absolute Gasteiger partial charge is 0.375 e. The van der Waals surface area contributed by atoms with Gasteiger partial charge < -0.3 is 14.8 Å². The Balaban J connectivity index is 1.78. The van der Waals surface area contributed by atoms with Crippen LogP contribution < -0.4 is 5.32 Å². The molecule has 2 aliphatic rings. The van der Waals surface area contributed by atoms with Crippen LogP contribution in [-0.4, -0.2) is 38.5 Å². The van der Waals surface area contributed by atoms with E-state index < -0.39 is 0 Å². The summed E-state index contributed by atoms with van der Waals surface area (Å²) in [7, 11) is 0. The van der Waals surface area contributed by atoms with Gasteiger partial charge in [-0.2, -0.15) is 0 Å². The molecule has 0 aromatic carbocycles. The van der Waals surface area contributed by atoms with Crippen LogP contribution in [0.4, 0.5) is 0 Å². The second-order valence-corrected chi connectivity index (χ2v) is 2.81. The molecule has 58 valence electrons. The van der Waals surface area contributed by atoms with Crippen molar-refractivity contribution >= 4 is 0 Å². The number of morpholine rings is 1. The number of hydrogen-bond acceptors (Lipinski definition) is 3. The molecule has 1 N–H and O–H groups in total. The fraction of sp³-hybridized carbons (Fsp3) is 1.00. The van der Waals surface area contributed by atoms with Crippen LogP contribution in [0.15, 0.2) is 0 Å². The molecule has 0 bridgehead atoms. The van der Waals surface area contributed by atoms with E-state index in [1.54, 1.807) is 0 Å². The maximum Gasteiger partial charge on any atom is 0.0962 e. The van der Waals surface area contributed by atoms with Crippen molar-refractivity contribution in [3.63, 3.8) is 0 Å². The van der Waals surface area contributed by atoms with Crippen LogP contribution >= 0.6 is 0 Å². The lowest BCUT2D eigenvalue weighted by molar-refractivity contribution is -0.143.